The first-order chi connectivity index (χ1) is 11.4. The maximum absolute atomic E-state index is 12.1. The Morgan fingerprint density at radius 1 is 1.33 bits per heavy atom. The molecule has 124 valence electrons. The number of ketones is 1. The molecule has 1 heterocycles. The number of H-pyrrole nitrogens is 1. The van der Waals surface area contributed by atoms with E-state index in [0.717, 1.165) is 0 Å². The molecule has 7 nitrogen and oxygen atoms in total. The second-order valence-electron chi connectivity index (χ2n) is 5.07. The van der Waals surface area contributed by atoms with Gasteiger partial charge in [0.2, 0.25) is 0 Å². The van der Waals surface area contributed by atoms with Crippen LogP contribution in [0.2, 0.25) is 0 Å². The minimum Gasteiger partial charge on any atom is -0.507 e. The lowest BCUT2D eigenvalue weighted by molar-refractivity contribution is -0.119. The molecule has 0 bridgehead atoms. The van der Waals surface area contributed by atoms with Crippen molar-refractivity contribution in [2.75, 3.05) is 6.61 Å². The van der Waals surface area contributed by atoms with Gasteiger partial charge in [0.1, 0.15) is 17.1 Å². The number of rotatable bonds is 6. The molecular formula is C17H16N2O5. The number of aromatic nitrogens is 1. The van der Waals surface area contributed by atoms with E-state index in [1.165, 1.54) is 18.2 Å². The summed E-state index contributed by atoms with van der Waals surface area (Å²) in [7, 11) is 0. The van der Waals surface area contributed by atoms with Crippen LogP contribution in [-0.4, -0.2) is 28.4 Å². The first-order valence-electron chi connectivity index (χ1n) is 7.03. The molecule has 0 aliphatic rings. The van der Waals surface area contributed by atoms with E-state index in [-0.39, 0.29) is 17.9 Å². The molecule has 0 saturated heterocycles. The molecule has 24 heavy (non-hydrogen) atoms. The summed E-state index contributed by atoms with van der Waals surface area (Å²) in [6.45, 7) is 1.35. The van der Waals surface area contributed by atoms with E-state index < -0.39 is 17.2 Å². The summed E-state index contributed by atoms with van der Waals surface area (Å²) < 4.78 is 5.16. The van der Waals surface area contributed by atoms with Crippen molar-refractivity contribution in [2.45, 2.75) is 6.92 Å². The monoisotopic (exact) mass is 328 g/mol. The fourth-order valence-electron chi connectivity index (χ4n) is 2.03. The molecule has 0 saturated carbocycles. The predicted octanol–water partition coefficient (Wildman–Crippen LogP) is 1.15. The van der Waals surface area contributed by atoms with Crippen molar-refractivity contribution in [1.29, 1.82) is 0 Å². The molecular weight excluding hydrogens is 312 g/mol. The van der Waals surface area contributed by atoms with Crippen molar-refractivity contribution in [3.63, 3.8) is 0 Å². The van der Waals surface area contributed by atoms with Gasteiger partial charge in [0, 0.05) is 5.69 Å². The first-order valence-corrected chi connectivity index (χ1v) is 7.03. The number of hydrogen-bond acceptors (Lipinski definition) is 5. The number of aromatic hydroxyl groups is 1. The lowest BCUT2D eigenvalue weighted by Crippen LogP contribution is -2.20. The van der Waals surface area contributed by atoms with Gasteiger partial charge >= 0.3 is 0 Å². The summed E-state index contributed by atoms with van der Waals surface area (Å²) in [5, 5.41) is 9.77. The molecule has 1 aromatic heterocycles. The van der Waals surface area contributed by atoms with E-state index in [0.29, 0.717) is 17.0 Å². The van der Waals surface area contributed by atoms with Crippen molar-refractivity contribution < 1.29 is 19.4 Å². The van der Waals surface area contributed by atoms with Crippen LogP contribution < -0.4 is 16.0 Å². The molecule has 7 heteroatoms. The van der Waals surface area contributed by atoms with Crippen molar-refractivity contribution in [3.05, 3.63) is 63.6 Å². The zero-order valence-corrected chi connectivity index (χ0v) is 12.9. The minimum atomic E-state index is -0.652. The average molecular weight is 328 g/mol. The number of aryl methyl sites for hydroxylation is 1. The number of hydrogen-bond donors (Lipinski definition) is 3. The van der Waals surface area contributed by atoms with Crippen LogP contribution in [0.25, 0.3) is 6.08 Å². The van der Waals surface area contributed by atoms with Gasteiger partial charge in [0.15, 0.2) is 12.4 Å². The third-order valence-corrected chi connectivity index (χ3v) is 3.06. The number of ether oxygens (including phenoxy) is 1. The Morgan fingerprint density at radius 3 is 2.75 bits per heavy atom. The molecule has 0 aliphatic carbocycles. The number of aromatic amines is 1. The molecule has 0 spiro atoms. The van der Waals surface area contributed by atoms with Crippen LogP contribution in [0.5, 0.6) is 11.5 Å². The lowest BCUT2D eigenvalue weighted by Gasteiger charge is -2.04. The van der Waals surface area contributed by atoms with Crippen LogP contribution in [-0.2, 0) is 4.79 Å². The van der Waals surface area contributed by atoms with E-state index in [1.54, 1.807) is 31.2 Å². The maximum atomic E-state index is 12.1. The highest BCUT2D eigenvalue weighted by Gasteiger charge is 2.13. The molecule has 0 radical (unpaired) electrons. The summed E-state index contributed by atoms with van der Waals surface area (Å²) in [6, 6.07) is 7.93. The zero-order valence-electron chi connectivity index (χ0n) is 12.9. The summed E-state index contributed by atoms with van der Waals surface area (Å²) in [5.74, 6) is -1.18. The number of nitrogens with two attached hydrogens (primary N) is 1. The van der Waals surface area contributed by atoms with E-state index >= 15 is 0 Å². The topological polar surface area (TPSA) is 122 Å². The normalized spacial score (nSPS) is 10.7. The first kappa shape index (κ1) is 17.0. The van der Waals surface area contributed by atoms with E-state index in [2.05, 4.69) is 4.98 Å². The van der Waals surface area contributed by atoms with Gasteiger partial charge in [0.25, 0.3) is 11.5 Å². The van der Waals surface area contributed by atoms with Gasteiger partial charge in [-0.1, -0.05) is 18.2 Å². The Morgan fingerprint density at radius 2 is 2.08 bits per heavy atom. The Labute approximate surface area is 137 Å². The number of carbonyl (C=O) groups is 2. The lowest BCUT2D eigenvalue weighted by atomic mass is 10.1. The van der Waals surface area contributed by atoms with Crippen molar-refractivity contribution in [3.8, 4) is 11.5 Å². The average Bonchev–Trinajstić information content (AvgIpc) is 2.50. The van der Waals surface area contributed by atoms with Gasteiger partial charge in [0.05, 0.1) is 0 Å². The van der Waals surface area contributed by atoms with Gasteiger partial charge in [-0.05, 0) is 36.8 Å². The quantitative estimate of drug-likeness (QED) is 0.542. The number of benzene rings is 1. The fourth-order valence-corrected chi connectivity index (χ4v) is 2.03. The van der Waals surface area contributed by atoms with E-state index in [1.807, 2.05) is 0 Å². The summed E-state index contributed by atoms with van der Waals surface area (Å²) in [6.07, 6.45) is 2.64. The maximum Gasteiger partial charge on any atom is 0.263 e. The van der Waals surface area contributed by atoms with Crippen LogP contribution in [0.15, 0.2) is 41.2 Å². The SMILES string of the molecule is Cc1cc(O)c(C(=O)/C=C/c2cccc(OCC(N)=O)c2)c(=O)[nH]1. The highest BCUT2D eigenvalue weighted by atomic mass is 16.5. The predicted molar refractivity (Wildman–Crippen MR) is 88.0 cm³/mol. The minimum absolute atomic E-state index is 0.251. The summed E-state index contributed by atoms with van der Waals surface area (Å²) in [4.78, 5) is 37.1. The molecule has 0 aliphatic heterocycles. The van der Waals surface area contributed by atoms with Gasteiger partial charge in [-0.3, -0.25) is 14.4 Å². The number of primary amides is 1. The molecule has 1 amide bonds. The number of allylic oxidation sites excluding steroid dienone is 1. The summed E-state index contributed by atoms with van der Waals surface area (Å²) in [5.41, 5.74) is 5.10. The molecule has 0 fully saturated rings. The second-order valence-corrected chi connectivity index (χ2v) is 5.07. The molecule has 2 rings (SSSR count). The second kappa shape index (κ2) is 7.28. The van der Waals surface area contributed by atoms with Crippen molar-refractivity contribution >= 4 is 17.8 Å². The number of pyridine rings is 1. The Kier molecular flexibility index (Phi) is 5.16. The third-order valence-electron chi connectivity index (χ3n) is 3.06. The van der Waals surface area contributed by atoms with E-state index in [9.17, 15) is 19.5 Å². The molecule has 1 aromatic carbocycles. The van der Waals surface area contributed by atoms with Gasteiger partial charge in [-0.2, -0.15) is 0 Å². The highest BCUT2D eigenvalue weighted by Crippen LogP contribution is 2.17. The third kappa shape index (κ3) is 4.33. The van der Waals surface area contributed by atoms with Gasteiger partial charge < -0.3 is 20.6 Å². The molecule has 2 aromatic rings. The fraction of sp³-hybridized carbons (Fsp3) is 0.118. The van der Waals surface area contributed by atoms with E-state index in [4.69, 9.17) is 10.5 Å². The number of amides is 1. The molecule has 0 atom stereocenters. The standard InChI is InChI=1S/C17H16N2O5/c1-10-7-14(21)16(17(23)19-10)13(20)6-5-11-3-2-4-12(8-11)24-9-15(18)22/h2-8H,9H2,1H3,(H2,18,22)(H2,19,21,23)/b6-5+. The Bertz CT molecular complexity index is 868. The van der Waals surface area contributed by atoms with Crippen LogP contribution >= 0.6 is 0 Å². The van der Waals surface area contributed by atoms with Gasteiger partial charge in [-0.25, -0.2) is 0 Å². The van der Waals surface area contributed by atoms with Crippen LogP contribution in [0.4, 0.5) is 0 Å². The van der Waals surface area contributed by atoms with Crippen molar-refractivity contribution in [1.82, 2.24) is 4.98 Å². The van der Waals surface area contributed by atoms with Gasteiger partial charge in [-0.15, -0.1) is 0 Å². The zero-order chi connectivity index (χ0) is 17.7. The van der Waals surface area contributed by atoms with Crippen LogP contribution in [0, 0.1) is 6.92 Å². The largest absolute Gasteiger partial charge is 0.507 e. The highest BCUT2D eigenvalue weighted by molar-refractivity contribution is 6.08. The molecule has 0 unspecified atom stereocenters. The van der Waals surface area contributed by atoms with Crippen molar-refractivity contribution in [2.24, 2.45) is 5.73 Å². The Balaban J connectivity index is 2.19. The molecule has 4 N–H and O–H groups in total. The van der Waals surface area contributed by atoms with Crippen LogP contribution in [0.1, 0.15) is 21.6 Å². The summed E-state index contributed by atoms with van der Waals surface area (Å²) >= 11 is 0. The number of nitrogens with one attached hydrogen (secondary N) is 1. The van der Waals surface area contributed by atoms with Crippen LogP contribution in [0.3, 0.4) is 0 Å². The Hall–Kier alpha value is -3.35. The number of carbonyl (C=O) groups excluding carboxylic acids is 2. The smallest absolute Gasteiger partial charge is 0.263 e.